The van der Waals surface area contributed by atoms with Crippen LogP contribution >= 0.6 is 0 Å². The fourth-order valence-corrected chi connectivity index (χ4v) is 0.843. The van der Waals surface area contributed by atoms with E-state index in [9.17, 15) is 0 Å². The van der Waals surface area contributed by atoms with Gasteiger partial charge in [-0.25, -0.2) is 4.98 Å². The molecule has 0 aliphatic rings. The number of rotatable bonds is 4. The van der Waals surface area contributed by atoms with Gasteiger partial charge < -0.3 is 5.32 Å². The van der Waals surface area contributed by atoms with Crippen LogP contribution < -0.4 is 5.32 Å². The third-order valence-corrected chi connectivity index (χ3v) is 1.38. The summed E-state index contributed by atoms with van der Waals surface area (Å²) in [5, 5.41) is 15.3. The molecule has 0 atom stereocenters. The predicted molar refractivity (Wildman–Crippen MR) is 43.2 cm³/mol. The zero-order valence-corrected chi connectivity index (χ0v) is 6.99. The first-order valence-electron chi connectivity index (χ1n) is 3.75. The van der Waals surface area contributed by atoms with Gasteiger partial charge in [0.05, 0.1) is 12.6 Å². The third kappa shape index (κ3) is 2.68. The van der Waals surface area contributed by atoms with Crippen LogP contribution in [0, 0.1) is 11.3 Å². The van der Waals surface area contributed by atoms with Crippen LogP contribution in [-0.2, 0) is 13.5 Å². The van der Waals surface area contributed by atoms with E-state index in [1.54, 1.807) is 11.0 Å². The maximum Gasteiger partial charge on any atom is 0.151 e. The summed E-state index contributed by atoms with van der Waals surface area (Å²) in [5.74, 6) is 0.808. The van der Waals surface area contributed by atoms with Gasteiger partial charge in [-0.1, -0.05) is 0 Å². The van der Waals surface area contributed by atoms with Gasteiger partial charge in [-0.05, 0) is 0 Å². The summed E-state index contributed by atoms with van der Waals surface area (Å²) < 4.78 is 1.67. The Kier molecular flexibility index (Phi) is 3.23. The Morgan fingerprint density at radius 3 is 3.17 bits per heavy atom. The number of aryl methyl sites for hydroxylation is 1. The van der Waals surface area contributed by atoms with Gasteiger partial charge in [0.25, 0.3) is 0 Å². The Morgan fingerprint density at radius 1 is 1.75 bits per heavy atom. The molecular weight excluding hydrogens is 154 g/mol. The Bertz CT molecular complexity index is 272. The Labute approximate surface area is 71.0 Å². The maximum absolute atomic E-state index is 8.22. The van der Waals surface area contributed by atoms with E-state index in [-0.39, 0.29) is 0 Å². The summed E-state index contributed by atoms with van der Waals surface area (Å²) in [6.07, 6.45) is 2.43. The molecule has 1 heterocycles. The van der Waals surface area contributed by atoms with Crippen LogP contribution in [0.3, 0.4) is 0 Å². The Balaban J connectivity index is 2.21. The van der Waals surface area contributed by atoms with Crippen LogP contribution in [-0.4, -0.2) is 27.9 Å². The maximum atomic E-state index is 8.22. The summed E-state index contributed by atoms with van der Waals surface area (Å²) >= 11 is 0. The molecule has 0 fully saturated rings. The third-order valence-electron chi connectivity index (χ3n) is 1.38. The van der Waals surface area contributed by atoms with Gasteiger partial charge in [0.1, 0.15) is 6.33 Å². The van der Waals surface area contributed by atoms with Crippen molar-refractivity contribution in [1.82, 2.24) is 20.1 Å². The topological polar surface area (TPSA) is 66.5 Å². The molecule has 64 valence electrons. The molecule has 0 aliphatic carbocycles. The smallest absolute Gasteiger partial charge is 0.151 e. The second kappa shape index (κ2) is 4.46. The lowest BCUT2D eigenvalue weighted by Crippen LogP contribution is -2.17. The average Bonchev–Trinajstić information content (AvgIpc) is 2.45. The largest absolute Gasteiger partial charge is 0.304 e. The van der Waals surface area contributed by atoms with Crippen molar-refractivity contribution in [2.45, 2.75) is 6.42 Å². The van der Waals surface area contributed by atoms with Crippen molar-refractivity contribution in [2.75, 3.05) is 13.1 Å². The van der Waals surface area contributed by atoms with Gasteiger partial charge in [-0.15, -0.1) is 0 Å². The van der Waals surface area contributed by atoms with Crippen molar-refractivity contribution in [3.05, 3.63) is 12.2 Å². The SMILES string of the molecule is Cn1cnc(CCNCC#N)n1. The van der Waals surface area contributed by atoms with Crippen molar-refractivity contribution in [3.8, 4) is 6.07 Å². The monoisotopic (exact) mass is 165 g/mol. The van der Waals surface area contributed by atoms with Gasteiger partial charge >= 0.3 is 0 Å². The highest BCUT2D eigenvalue weighted by Gasteiger charge is 1.96. The minimum Gasteiger partial charge on any atom is -0.304 e. The summed E-state index contributed by atoms with van der Waals surface area (Å²) in [5.41, 5.74) is 0. The zero-order valence-electron chi connectivity index (χ0n) is 6.99. The number of hydrogen-bond acceptors (Lipinski definition) is 4. The number of nitrogens with zero attached hydrogens (tertiary/aromatic N) is 4. The van der Waals surface area contributed by atoms with Gasteiger partial charge in [0.15, 0.2) is 5.82 Å². The minimum absolute atomic E-state index is 0.382. The van der Waals surface area contributed by atoms with Crippen LogP contribution in [0.2, 0.25) is 0 Å². The molecule has 0 amide bonds. The molecule has 1 N–H and O–H groups in total. The highest BCUT2D eigenvalue weighted by molar-refractivity contribution is 4.83. The molecule has 0 spiro atoms. The van der Waals surface area contributed by atoms with E-state index in [1.807, 2.05) is 13.1 Å². The van der Waals surface area contributed by atoms with Crippen molar-refractivity contribution in [1.29, 1.82) is 5.26 Å². The highest BCUT2D eigenvalue weighted by atomic mass is 15.3. The predicted octanol–water partition coefficient (Wildman–Crippen LogP) is -0.529. The first-order chi connectivity index (χ1) is 5.83. The summed E-state index contributed by atoms with van der Waals surface area (Å²) in [7, 11) is 1.83. The number of nitriles is 1. The summed E-state index contributed by atoms with van der Waals surface area (Å²) in [4.78, 5) is 4.04. The molecule has 5 nitrogen and oxygen atoms in total. The molecule has 0 saturated heterocycles. The normalized spacial score (nSPS) is 9.67. The van der Waals surface area contributed by atoms with E-state index in [4.69, 9.17) is 5.26 Å². The molecule has 0 unspecified atom stereocenters. The van der Waals surface area contributed by atoms with Gasteiger partial charge in [-0.3, -0.25) is 4.68 Å². The zero-order chi connectivity index (χ0) is 8.81. The molecule has 1 aromatic heterocycles. The van der Waals surface area contributed by atoms with Gasteiger partial charge in [0, 0.05) is 20.0 Å². The van der Waals surface area contributed by atoms with E-state index in [2.05, 4.69) is 15.4 Å². The second-order valence-electron chi connectivity index (χ2n) is 2.42. The number of hydrogen-bond donors (Lipinski definition) is 1. The van der Waals surface area contributed by atoms with Crippen LogP contribution in [0.15, 0.2) is 6.33 Å². The summed E-state index contributed by atoms with van der Waals surface area (Å²) in [6, 6.07) is 2.00. The summed E-state index contributed by atoms with van der Waals surface area (Å²) in [6.45, 7) is 1.13. The van der Waals surface area contributed by atoms with Crippen molar-refractivity contribution < 1.29 is 0 Å². The molecule has 0 radical (unpaired) electrons. The first kappa shape index (κ1) is 8.68. The lowest BCUT2D eigenvalue weighted by atomic mass is 10.4. The highest BCUT2D eigenvalue weighted by Crippen LogP contribution is 1.87. The molecule has 0 aromatic carbocycles. The van der Waals surface area contributed by atoms with Gasteiger partial charge in [0.2, 0.25) is 0 Å². The average molecular weight is 165 g/mol. The van der Waals surface area contributed by atoms with E-state index >= 15 is 0 Å². The second-order valence-corrected chi connectivity index (χ2v) is 2.42. The van der Waals surface area contributed by atoms with Crippen LogP contribution in [0.4, 0.5) is 0 Å². The fraction of sp³-hybridized carbons (Fsp3) is 0.571. The lowest BCUT2D eigenvalue weighted by molar-refractivity contribution is 0.698. The van der Waals surface area contributed by atoms with E-state index in [0.29, 0.717) is 6.54 Å². The Hall–Kier alpha value is -1.41. The van der Waals surface area contributed by atoms with Crippen LogP contribution in [0.25, 0.3) is 0 Å². The minimum atomic E-state index is 0.382. The molecule has 1 rings (SSSR count). The molecule has 12 heavy (non-hydrogen) atoms. The van der Waals surface area contributed by atoms with Crippen molar-refractivity contribution >= 4 is 0 Å². The fourth-order valence-electron chi connectivity index (χ4n) is 0.843. The van der Waals surface area contributed by atoms with Crippen molar-refractivity contribution in [3.63, 3.8) is 0 Å². The van der Waals surface area contributed by atoms with Gasteiger partial charge in [-0.2, -0.15) is 10.4 Å². The molecule has 5 heteroatoms. The molecule has 0 saturated carbocycles. The van der Waals surface area contributed by atoms with E-state index in [1.165, 1.54) is 0 Å². The van der Waals surface area contributed by atoms with Crippen LogP contribution in [0.1, 0.15) is 5.82 Å². The van der Waals surface area contributed by atoms with Crippen LogP contribution in [0.5, 0.6) is 0 Å². The molecule has 1 aromatic rings. The molecule has 0 bridgehead atoms. The quantitative estimate of drug-likeness (QED) is 0.481. The molecular formula is C7H11N5. The first-order valence-corrected chi connectivity index (χ1v) is 3.75. The standard InChI is InChI=1S/C7H11N5/c1-12-6-10-7(11-12)2-4-9-5-3-8/h6,9H,2,4-5H2,1H3. The van der Waals surface area contributed by atoms with E-state index < -0.39 is 0 Å². The van der Waals surface area contributed by atoms with Crippen molar-refractivity contribution in [2.24, 2.45) is 7.05 Å². The lowest BCUT2D eigenvalue weighted by Gasteiger charge is -1.94. The van der Waals surface area contributed by atoms with E-state index in [0.717, 1.165) is 18.8 Å². The molecule has 0 aliphatic heterocycles. The number of nitrogens with one attached hydrogen (secondary N) is 1. The number of aromatic nitrogens is 3. The Morgan fingerprint density at radius 2 is 2.58 bits per heavy atom.